The Labute approximate surface area is 575 Å². The summed E-state index contributed by atoms with van der Waals surface area (Å²) in [5, 5.41) is 0.930. The maximum absolute atomic E-state index is 15.2. The lowest BCUT2D eigenvalue weighted by atomic mass is 9.80. The second kappa shape index (κ2) is 28.7. The van der Waals surface area contributed by atoms with E-state index in [1.165, 1.54) is 36.5 Å². The van der Waals surface area contributed by atoms with Gasteiger partial charge in [0.1, 0.15) is 62.2 Å². The molecule has 11 rings (SSSR count). The first-order chi connectivity index (χ1) is 44.4. The molecule has 1 fully saturated rings. The smallest absolute Gasteiger partial charge is 0.412 e. The Morgan fingerprint density at radius 2 is 0.875 bits per heavy atom. The van der Waals surface area contributed by atoms with E-state index in [4.69, 9.17) is 51.5 Å². The Hall–Kier alpha value is -6.57. The normalized spacial score (nSPS) is 14.3. The largest absolute Gasteiger partial charge is 0.496 e. The zero-order valence-electron chi connectivity index (χ0n) is 58.8. The minimum atomic E-state index is -2.11. The Bertz CT molecular complexity index is 4400. The van der Waals surface area contributed by atoms with E-state index < -0.39 is 48.2 Å². The second-order valence-corrected chi connectivity index (χ2v) is 45.1. The number of fused-ring (bicyclic) bond motifs is 3. The van der Waals surface area contributed by atoms with Gasteiger partial charge < -0.3 is 41.5 Å². The molecule has 2 N–H and O–H groups in total. The Balaban J connectivity index is 0.000000165. The van der Waals surface area contributed by atoms with Gasteiger partial charge in [0, 0.05) is 82.3 Å². The zero-order chi connectivity index (χ0) is 71.1. The highest BCUT2D eigenvalue weighted by Gasteiger charge is 2.52. The SMILES string of the molecule is CC(C)(C)[Si](C)(C)OCc1c(F)ccc(-c2ccc(N)nc2)c1F.CC(C)(C)[Si](C)(C)OCc1c(F)cccc1-c1ccc2nc(Cl)cn2c1.CC1(C)OB(c2ccc3nc(Cl)cn3c2)OC1(C)C.Cc1cn2cc(-c3ccc(F)c(CO[Si](C)(C)C(C)(C)C)c3F)ccc2n1. The lowest BCUT2D eigenvalue weighted by molar-refractivity contribution is 0.00578. The summed E-state index contributed by atoms with van der Waals surface area (Å²) in [5.74, 6) is -2.24. The van der Waals surface area contributed by atoms with Crippen molar-refractivity contribution >= 4 is 83.5 Å². The van der Waals surface area contributed by atoms with Gasteiger partial charge in [-0.1, -0.05) is 104 Å². The molecule has 0 amide bonds. The molecule has 10 aromatic rings. The first-order valence-corrected chi connectivity index (χ1v) is 41.3. The van der Waals surface area contributed by atoms with Crippen LogP contribution in [0, 0.1) is 36.0 Å². The summed E-state index contributed by atoms with van der Waals surface area (Å²) in [7, 11) is -6.55. The summed E-state index contributed by atoms with van der Waals surface area (Å²) in [4.78, 5) is 16.7. The van der Waals surface area contributed by atoms with Crippen molar-refractivity contribution in [1.29, 1.82) is 0 Å². The van der Waals surface area contributed by atoms with Gasteiger partial charge in [0.15, 0.2) is 25.0 Å². The van der Waals surface area contributed by atoms with Gasteiger partial charge in [-0.3, -0.25) is 0 Å². The monoisotopic (exact) mass is 1410 g/mol. The van der Waals surface area contributed by atoms with Gasteiger partial charge in [-0.05, 0) is 178 Å². The summed E-state index contributed by atoms with van der Waals surface area (Å²) in [5.41, 5.74) is 13.2. The number of nitrogens with two attached hydrogens (primary N) is 1. The highest BCUT2D eigenvalue weighted by atomic mass is 35.5. The van der Waals surface area contributed by atoms with Gasteiger partial charge in [-0.15, -0.1) is 0 Å². The molecule has 24 heteroatoms. The van der Waals surface area contributed by atoms with Gasteiger partial charge >= 0.3 is 7.12 Å². The molecule has 1 aliphatic rings. The van der Waals surface area contributed by atoms with Crippen LogP contribution in [0.5, 0.6) is 0 Å². The second-order valence-electron chi connectivity index (χ2n) is 29.9. The van der Waals surface area contributed by atoms with Crippen LogP contribution in [0.2, 0.25) is 64.7 Å². The summed E-state index contributed by atoms with van der Waals surface area (Å²) < 4.78 is 109. The predicted octanol–water partition coefficient (Wildman–Crippen LogP) is 19.8. The lowest BCUT2D eigenvalue weighted by Crippen LogP contribution is -2.41. The third-order valence-corrected chi connectivity index (χ3v) is 33.1. The van der Waals surface area contributed by atoms with Crippen LogP contribution in [-0.4, -0.2) is 76.4 Å². The maximum atomic E-state index is 15.2. The van der Waals surface area contributed by atoms with E-state index in [0.717, 1.165) is 39.2 Å². The number of halogens is 7. The molecule has 0 spiro atoms. The number of aromatic nitrogens is 7. The zero-order valence-corrected chi connectivity index (χ0v) is 63.3. The van der Waals surface area contributed by atoms with Crippen molar-refractivity contribution in [2.45, 2.75) is 182 Å². The number of hydrogen-bond acceptors (Lipinski definition) is 10. The van der Waals surface area contributed by atoms with Crippen molar-refractivity contribution in [2.75, 3.05) is 5.73 Å². The van der Waals surface area contributed by atoms with Crippen LogP contribution in [0.4, 0.5) is 27.8 Å². The molecular formula is C72H90BCl2F5N8O5Si3. The molecule has 7 aromatic heterocycles. The van der Waals surface area contributed by atoms with Gasteiger partial charge in [-0.25, -0.2) is 41.9 Å². The fourth-order valence-corrected chi connectivity index (χ4v) is 12.5. The number of hydrogen-bond donors (Lipinski definition) is 1. The molecule has 0 unspecified atom stereocenters. The van der Waals surface area contributed by atoms with Crippen molar-refractivity contribution in [2.24, 2.45) is 0 Å². The van der Waals surface area contributed by atoms with Crippen LogP contribution in [0.25, 0.3) is 50.3 Å². The highest BCUT2D eigenvalue weighted by Crippen LogP contribution is 2.42. The molecular weight excluding hydrogens is 1320 g/mol. The Morgan fingerprint density at radius 1 is 0.479 bits per heavy atom. The molecule has 8 heterocycles. The Morgan fingerprint density at radius 3 is 1.33 bits per heavy atom. The van der Waals surface area contributed by atoms with Crippen LogP contribution in [0.3, 0.4) is 0 Å². The fourth-order valence-electron chi connectivity index (χ4n) is 9.35. The summed E-state index contributed by atoms with van der Waals surface area (Å²) in [6.07, 6.45) is 12.5. The van der Waals surface area contributed by atoms with Crippen molar-refractivity contribution in [3.05, 3.63) is 196 Å². The quantitative estimate of drug-likeness (QED) is 0.0877. The fraction of sp³-hybridized carbons (Fsp3) is 0.389. The average Bonchev–Trinajstić information content (AvgIpc) is 1.48. The number of nitrogens with zero attached hydrogens (tertiary/aromatic N) is 7. The molecule has 0 atom stereocenters. The number of anilines is 1. The van der Waals surface area contributed by atoms with Crippen molar-refractivity contribution in [3.8, 4) is 33.4 Å². The van der Waals surface area contributed by atoms with E-state index in [0.29, 0.717) is 38.4 Å². The number of imidazole rings is 3. The minimum Gasteiger partial charge on any atom is -0.412 e. The maximum Gasteiger partial charge on any atom is 0.496 e. The van der Waals surface area contributed by atoms with Gasteiger partial charge in [0.25, 0.3) is 0 Å². The molecule has 1 saturated heterocycles. The summed E-state index contributed by atoms with van der Waals surface area (Å²) in [6.45, 7) is 41.9. The van der Waals surface area contributed by atoms with Crippen molar-refractivity contribution in [1.82, 2.24) is 33.1 Å². The third-order valence-electron chi connectivity index (χ3n) is 19.3. The Kier molecular flexibility index (Phi) is 22.5. The first-order valence-electron chi connectivity index (χ1n) is 31.8. The topological polar surface area (TPSA) is 137 Å². The number of aryl methyl sites for hydroxylation is 1. The predicted molar refractivity (Wildman–Crippen MR) is 387 cm³/mol. The van der Waals surface area contributed by atoms with Crippen molar-refractivity contribution < 1.29 is 44.5 Å². The number of benzene rings is 3. The molecule has 512 valence electrons. The number of nitrogen functional groups attached to an aromatic ring is 1. The molecule has 0 aliphatic carbocycles. The van der Waals surface area contributed by atoms with Gasteiger partial charge in [0.05, 0.1) is 36.7 Å². The average molecular weight is 1410 g/mol. The molecule has 96 heavy (non-hydrogen) atoms. The van der Waals surface area contributed by atoms with Crippen LogP contribution in [0.15, 0.2) is 134 Å². The van der Waals surface area contributed by atoms with Crippen LogP contribution in [0.1, 0.15) is 112 Å². The highest BCUT2D eigenvalue weighted by molar-refractivity contribution is 6.75. The molecule has 0 saturated carbocycles. The van der Waals surface area contributed by atoms with Crippen LogP contribution >= 0.6 is 23.2 Å². The van der Waals surface area contributed by atoms with Crippen LogP contribution < -0.4 is 11.2 Å². The minimum absolute atomic E-state index is 0.0146. The first kappa shape index (κ1) is 75.2. The lowest BCUT2D eigenvalue weighted by Gasteiger charge is -2.36. The molecule has 13 nitrogen and oxygen atoms in total. The standard InChI is InChI=1S/C21H26F2N2OSi.C20H24ClFN2OSi.C18H24F2N2OSi.C13H16BClN2O2/c1-14-11-25-12-15(7-10-19(25)24-14)16-8-9-18(22)17(20(16)23)13-26-27(5,6)21(2,3)4;1-20(2,3)26(4,5)25-13-16-15(7-6-8-17(16)22)14-9-10-19-23-18(21)12-24(19)11-14;1-18(2,3)24(4,5)23-11-14-15(19)8-7-13(17(14)20)12-6-9-16(21)22-10-12;1-12(2)13(3,4)19-14(18-12)9-5-6-11-16-10(15)8-17(11)7-9/h7-12H,13H2,1-6H3;6-12H,13H2,1-5H3;6-10H,11H2,1-5H3,(H2,21,22);5-8H,1-4H3. The van der Waals surface area contributed by atoms with Crippen molar-refractivity contribution in [3.63, 3.8) is 0 Å². The molecule has 0 bridgehead atoms. The number of pyridine rings is 4. The van der Waals surface area contributed by atoms with E-state index in [9.17, 15) is 17.6 Å². The number of rotatable bonds is 13. The van der Waals surface area contributed by atoms with E-state index in [1.807, 2.05) is 109 Å². The van der Waals surface area contributed by atoms with E-state index in [-0.39, 0.29) is 75.8 Å². The van der Waals surface area contributed by atoms with Gasteiger partial charge in [0.2, 0.25) is 0 Å². The molecule has 0 radical (unpaired) electrons. The molecule has 3 aromatic carbocycles. The summed E-state index contributed by atoms with van der Waals surface area (Å²) in [6, 6.07) is 25.2. The van der Waals surface area contributed by atoms with E-state index >= 15 is 4.39 Å². The third kappa shape index (κ3) is 17.3. The molecule has 1 aliphatic heterocycles. The van der Waals surface area contributed by atoms with E-state index in [2.05, 4.69) is 122 Å². The van der Waals surface area contributed by atoms with E-state index in [1.54, 1.807) is 36.7 Å². The van der Waals surface area contributed by atoms with Crippen LogP contribution in [-0.2, 0) is 42.4 Å². The van der Waals surface area contributed by atoms with Gasteiger partial charge in [-0.2, -0.15) is 0 Å². The summed E-state index contributed by atoms with van der Waals surface area (Å²) >= 11 is 11.9.